The predicted molar refractivity (Wildman–Crippen MR) is 73.7 cm³/mol. The van der Waals surface area contributed by atoms with E-state index in [9.17, 15) is 4.39 Å². The quantitative estimate of drug-likeness (QED) is 0.718. The minimum atomic E-state index is -0.712. The van der Waals surface area contributed by atoms with E-state index in [4.69, 9.17) is 4.74 Å². The molecule has 0 aromatic carbocycles. The van der Waals surface area contributed by atoms with Crippen molar-refractivity contribution in [3.63, 3.8) is 0 Å². The second kappa shape index (κ2) is 7.41. The van der Waals surface area contributed by atoms with Crippen LogP contribution in [0.2, 0.25) is 0 Å². The highest BCUT2D eigenvalue weighted by molar-refractivity contribution is 4.89. The van der Waals surface area contributed by atoms with Gasteiger partial charge in [0.25, 0.3) is 0 Å². The van der Waals surface area contributed by atoms with E-state index < -0.39 is 6.17 Å². The molecule has 3 nitrogen and oxygen atoms in total. The van der Waals surface area contributed by atoms with E-state index >= 15 is 0 Å². The number of halogens is 1. The lowest BCUT2D eigenvalue weighted by molar-refractivity contribution is -0.0967. The molecule has 2 aliphatic rings. The zero-order valence-corrected chi connectivity index (χ0v) is 12.5. The van der Waals surface area contributed by atoms with E-state index in [-0.39, 0.29) is 18.2 Å². The monoisotopic (exact) mass is 260 g/mol. The molecule has 2 saturated heterocycles. The van der Waals surface area contributed by atoms with Gasteiger partial charge in [-0.15, -0.1) is 0 Å². The average Bonchev–Trinajstić information content (AvgIpc) is 2.30. The van der Waals surface area contributed by atoms with Gasteiger partial charge in [-0.05, 0) is 33.9 Å². The van der Waals surface area contributed by atoms with Crippen molar-refractivity contribution in [2.75, 3.05) is 33.2 Å². The van der Waals surface area contributed by atoms with Crippen LogP contribution in [0.4, 0.5) is 4.39 Å². The smallest absolute Gasteiger partial charge is 0.128 e. The van der Waals surface area contributed by atoms with Crippen LogP contribution in [0.5, 0.6) is 0 Å². The molecule has 2 rings (SSSR count). The molecule has 0 spiro atoms. The first kappa shape index (κ1) is 15.9. The fraction of sp³-hybridized carbons (Fsp3) is 1.00. The maximum absolute atomic E-state index is 14.0. The van der Waals surface area contributed by atoms with Gasteiger partial charge in [0.1, 0.15) is 6.17 Å². The van der Waals surface area contributed by atoms with Crippen molar-refractivity contribution in [2.24, 2.45) is 0 Å². The average molecular weight is 260 g/mol. The molecule has 108 valence electrons. The van der Waals surface area contributed by atoms with Crippen molar-refractivity contribution in [1.82, 2.24) is 9.80 Å². The van der Waals surface area contributed by atoms with Crippen molar-refractivity contribution >= 4 is 0 Å². The minimum Gasteiger partial charge on any atom is -0.373 e. The van der Waals surface area contributed by atoms with Crippen LogP contribution in [-0.2, 0) is 4.74 Å². The number of alkyl halides is 1. The highest BCUT2D eigenvalue weighted by atomic mass is 19.1. The molecule has 0 aliphatic carbocycles. The number of piperidine rings is 1. The van der Waals surface area contributed by atoms with E-state index in [0.717, 1.165) is 26.1 Å². The van der Waals surface area contributed by atoms with E-state index in [2.05, 4.69) is 23.6 Å². The lowest BCUT2D eigenvalue weighted by Crippen LogP contribution is -2.57. The molecule has 2 heterocycles. The van der Waals surface area contributed by atoms with E-state index in [0.29, 0.717) is 6.54 Å². The van der Waals surface area contributed by atoms with Gasteiger partial charge in [-0.3, -0.25) is 4.90 Å². The molecule has 4 unspecified atom stereocenters. The van der Waals surface area contributed by atoms with Crippen molar-refractivity contribution in [3.05, 3.63) is 0 Å². The number of rotatable bonds is 1. The van der Waals surface area contributed by atoms with Gasteiger partial charge in [-0.2, -0.15) is 0 Å². The van der Waals surface area contributed by atoms with Crippen molar-refractivity contribution in [2.45, 2.75) is 58.5 Å². The number of likely N-dealkylation sites (tertiary alicyclic amines) is 1. The number of hydrogen-bond acceptors (Lipinski definition) is 3. The summed E-state index contributed by atoms with van der Waals surface area (Å²) in [6.07, 6.45) is 0.694. The first-order chi connectivity index (χ1) is 8.56. The molecule has 4 heteroatoms. The Hall–Kier alpha value is -0.190. The van der Waals surface area contributed by atoms with Crippen molar-refractivity contribution in [1.29, 1.82) is 0 Å². The molecule has 2 aliphatic heterocycles. The van der Waals surface area contributed by atoms with Gasteiger partial charge in [-0.1, -0.05) is 13.8 Å². The summed E-state index contributed by atoms with van der Waals surface area (Å²) >= 11 is 0. The topological polar surface area (TPSA) is 15.7 Å². The standard InChI is InChI=1S/C12H23FN2O.C2H6/c1-9-6-15(7-10(2)16-9)12-4-5-14(3)8-11(12)13;1-2/h9-12H,4-8H2,1-3H3;1-2H3. The molecule has 4 atom stereocenters. The SMILES string of the molecule is CC.CC1CN(C2CCN(C)CC2F)CC(C)O1. The highest BCUT2D eigenvalue weighted by Crippen LogP contribution is 2.22. The summed E-state index contributed by atoms with van der Waals surface area (Å²) in [5.74, 6) is 0. The van der Waals surface area contributed by atoms with E-state index in [1.807, 2.05) is 20.9 Å². The van der Waals surface area contributed by atoms with Crippen LogP contribution in [0, 0.1) is 0 Å². The van der Waals surface area contributed by atoms with Crippen LogP contribution in [0.15, 0.2) is 0 Å². The van der Waals surface area contributed by atoms with Gasteiger partial charge in [0.05, 0.1) is 12.2 Å². The fourth-order valence-corrected chi connectivity index (χ4v) is 2.94. The first-order valence-corrected chi connectivity index (χ1v) is 7.28. The number of ether oxygens (including phenoxy) is 1. The van der Waals surface area contributed by atoms with Crippen molar-refractivity contribution in [3.8, 4) is 0 Å². The Labute approximate surface area is 111 Å². The maximum Gasteiger partial charge on any atom is 0.128 e. The van der Waals surface area contributed by atoms with Gasteiger partial charge >= 0.3 is 0 Å². The Kier molecular flexibility index (Phi) is 6.53. The molecule has 18 heavy (non-hydrogen) atoms. The molecule has 0 saturated carbocycles. The third kappa shape index (κ3) is 4.18. The first-order valence-electron chi connectivity index (χ1n) is 7.28. The molecular weight excluding hydrogens is 231 g/mol. The van der Waals surface area contributed by atoms with Crippen LogP contribution >= 0.6 is 0 Å². The lowest BCUT2D eigenvalue weighted by Gasteiger charge is -2.44. The zero-order chi connectivity index (χ0) is 13.7. The Morgan fingerprint density at radius 2 is 1.61 bits per heavy atom. The van der Waals surface area contributed by atoms with Crippen LogP contribution in [-0.4, -0.2) is 67.4 Å². The summed E-state index contributed by atoms with van der Waals surface area (Å²) in [5, 5.41) is 0. The normalized spacial score (nSPS) is 39.0. The summed E-state index contributed by atoms with van der Waals surface area (Å²) in [4.78, 5) is 4.37. The second-order valence-electron chi connectivity index (χ2n) is 5.35. The molecule has 0 aromatic heterocycles. The Balaban J connectivity index is 0.000000771. The van der Waals surface area contributed by atoms with E-state index in [1.165, 1.54) is 0 Å². The van der Waals surface area contributed by atoms with Gasteiger partial charge in [0, 0.05) is 25.7 Å². The summed E-state index contributed by atoms with van der Waals surface area (Å²) in [5.41, 5.74) is 0. The molecular formula is C14H29FN2O. The van der Waals surface area contributed by atoms with Crippen LogP contribution in [0.1, 0.15) is 34.1 Å². The number of hydrogen-bond donors (Lipinski definition) is 0. The third-order valence-corrected chi connectivity index (χ3v) is 3.63. The molecule has 0 N–H and O–H groups in total. The fourth-order valence-electron chi connectivity index (χ4n) is 2.94. The van der Waals surface area contributed by atoms with Gasteiger partial charge < -0.3 is 9.64 Å². The second-order valence-corrected chi connectivity index (χ2v) is 5.35. The summed E-state index contributed by atoms with van der Waals surface area (Å²) in [6, 6.07) is 0.102. The largest absolute Gasteiger partial charge is 0.373 e. The molecule has 0 radical (unpaired) electrons. The lowest BCUT2D eigenvalue weighted by atomic mass is 10.00. The Bertz CT molecular complexity index is 230. The van der Waals surface area contributed by atoms with Crippen LogP contribution < -0.4 is 0 Å². The summed E-state index contributed by atoms with van der Waals surface area (Å²) < 4.78 is 19.7. The van der Waals surface area contributed by atoms with Gasteiger partial charge in [0.15, 0.2) is 0 Å². The highest BCUT2D eigenvalue weighted by Gasteiger charge is 2.35. The minimum absolute atomic E-state index is 0.102. The van der Waals surface area contributed by atoms with Gasteiger partial charge in [-0.25, -0.2) is 4.39 Å². The maximum atomic E-state index is 14.0. The molecule has 2 fully saturated rings. The third-order valence-electron chi connectivity index (χ3n) is 3.63. The van der Waals surface area contributed by atoms with Gasteiger partial charge in [0.2, 0.25) is 0 Å². The predicted octanol–water partition coefficient (Wildman–Crippen LogP) is 2.16. The molecule has 0 aromatic rings. The summed E-state index contributed by atoms with van der Waals surface area (Å²) in [7, 11) is 1.99. The molecule has 0 amide bonds. The van der Waals surface area contributed by atoms with Crippen LogP contribution in [0.3, 0.4) is 0 Å². The Morgan fingerprint density at radius 3 is 2.11 bits per heavy atom. The van der Waals surface area contributed by atoms with E-state index in [1.54, 1.807) is 0 Å². The summed E-state index contributed by atoms with van der Waals surface area (Å²) in [6.45, 7) is 11.5. The molecule has 0 bridgehead atoms. The number of nitrogens with zero attached hydrogens (tertiary/aromatic N) is 2. The number of morpholine rings is 1. The van der Waals surface area contributed by atoms with Crippen LogP contribution in [0.25, 0.3) is 0 Å². The van der Waals surface area contributed by atoms with Crippen molar-refractivity contribution < 1.29 is 9.13 Å². The Morgan fingerprint density at radius 1 is 1.06 bits per heavy atom. The zero-order valence-electron chi connectivity index (χ0n) is 12.5.